The molecule has 4 N–H and O–H groups in total. The van der Waals surface area contributed by atoms with Gasteiger partial charge in [-0.1, -0.05) is 80.6 Å². The highest BCUT2D eigenvalue weighted by atomic mass is 16.6. The number of rotatable bonds is 10. The minimum Gasteiger partial charge on any atom is -0.456 e. The van der Waals surface area contributed by atoms with E-state index in [2.05, 4.69) is 5.32 Å². The maximum atomic E-state index is 15.5. The van der Waals surface area contributed by atoms with Gasteiger partial charge < -0.3 is 44.3 Å². The molecule has 3 aromatic rings. The van der Waals surface area contributed by atoms with Crippen LogP contribution in [0.25, 0.3) is 0 Å². The molecule has 11 atom stereocenters. The van der Waals surface area contributed by atoms with E-state index in [0.29, 0.717) is 5.56 Å². The average molecular weight is 854 g/mol. The molecule has 328 valence electrons. The summed E-state index contributed by atoms with van der Waals surface area (Å²) in [7, 11) is 0. The van der Waals surface area contributed by atoms with Gasteiger partial charge in [-0.2, -0.15) is 0 Å². The molecule has 1 saturated heterocycles. The van der Waals surface area contributed by atoms with E-state index in [1.807, 2.05) is 0 Å². The fourth-order valence-corrected chi connectivity index (χ4v) is 10.2. The van der Waals surface area contributed by atoms with Crippen molar-refractivity contribution in [3.63, 3.8) is 0 Å². The second-order valence-corrected chi connectivity index (χ2v) is 17.4. The average Bonchev–Trinajstić information content (AvgIpc) is 3.24. The predicted molar refractivity (Wildman–Crippen MR) is 218 cm³/mol. The van der Waals surface area contributed by atoms with E-state index in [9.17, 15) is 39.3 Å². The fraction of sp³-hybridized carbons (Fsp3) is 0.447. The van der Waals surface area contributed by atoms with Gasteiger partial charge in [-0.15, -0.1) is 0 Å². The number of amides is 1. The second-order valence-electron chi connectivity index (χ2n) is 17.4. The third-order valence-corrected chi connectivity index (χ3v) is 13.5. The zero-order valence-electron chi connectivity index (χ0n) is 35.2. The molecule has 3 aliphatic carbocycles. The Kier molecular flexibility index (Phi) is 11.8. The molecule has 4 aliphatic rings. The number of aliphatic hydroxyl groups is 3. The number of hydrogen-bond donors (Lipinski definition) is 4. The summed E-state index contributed by atoms with van der Waals surface area (Å²) in [6.07, 6.45) is -10.5. The summed E-state index contributed by atoms with van der Waals surface area (Å²) in [5, 5.41) is 40.2. The van der Waals surface area contributed by atoms with Crippen molar-refractivity contribution in [3.05, 3.63) is 119 Å². The molecule has 7 rings (SSSR count). The molecule has 15 heteroatoms. The van der Waals surface area contributed by atoms with Crippen molar-refractivity contribution in [1.29, 1.82) is 0 Å². The molecule has 15 nitrogen and oxygen atoms in total. The summed E-state index contributed by atoms with van der Waals surface area (Å²) >= 11 is 0. The number of benzene rings is 3. The highest BCUT2D eigenvalue weighted by Crippen LogP contribution is 2.64. The molecule has 62 heavy (non-hydrogen) atoms. The molecular weight excluding hydrogens is 803 g/mol. The fourth-order valence-electron chi connectivity index (χ4n) is 10.2. The van der Waals surface area contributed by atoms with E-state index >= 15 is 4.79 Å². The van der Waals surface area contributed by atoms with Gasteiger partial charge in [-0.25, -0.2) is 9.59 Å². The van der Waals surface area contributed by atoms with Gasteiger partial charge in [0.25, 0.3) is 5.91 Å². The number of ether oxygens (including phenoxy) is 5. The van der Waals surface area contributed by atoms with E-state index in [-0.39, 0.29) is 35.3 Å². The van der Waals surface area contributed by atoms with Crippen LogP contribution in [0.2, 0.25) is 0 Å². The lowest BCUT2D eigenvalue weighted by atomic mass is 9.44. The summed E-state index contributed by atoms with van der Waals surface area (Å²) in [4.78, 5) is 83.5. The number of carbonyl (C=O) groups is 6. The molecule has 0 spiro atoms. The minimum absolute atomic E-state index is 0.00289. The van der Waals surface area contributed by atoms with Crippen LogP contribution in [0.1, 0.15) is 86.7 Å². The highest BCUT2D eigenvalue weighted by molar-refractivity contribution is 5.96. The zero-order chi connectivity index (χ0) is 44.9. The van der Waals surface area contributed by atoms with Gasteiger partial charge in [0.2, 0.25) is 0 Å². The lowest BCUT2D eigenvalue weighted by Crippen LogP contribution is -2.82. The van der Waals surface area contributed by atoms with Crippen LogP contribution in [0.3, 0.4) is 0 Å². The van der Waals surface area contributed by atoms with Crippen LogP contribution in [-0.2, 0) is 42.9 Å². The van der Waals surface area contributed by atoms with Crippen LogP contribution in [0.5, 0.6) is 0 Å². The number of ketones is 1. The van der Waals surface area contributed by atoms with Gasteiger partial charge in [-0.05, 0) is 54.8 Å². The van der Waals surface area contributed by atoms with Gasteiger partial charge in [0.05, 0.1) is 35.6 Å². The number of carbonyl (C=O) groups excluding carboxylic acids is 6. The molecule has 2 saturated carbocycles. The largest absolute Gasteiger partial charge is 0.456 e. The summed E-state index contributed by atoms with van der Waals surface area (Å²) in [6, 6.07) is 22.9. The number of aliphatic hydroxyl groups excluding tert-OH is 2. The van der Waals surface area contributed by atoms with E-state index in [1.54, 1.807) is 92.7 Å². The lowest BCUT2D eigenvalue weighted by molar-refractivity contribution is -0.346. The zero-order valence-corrected chi connectivity index (χ0v) is 35.2. The summed E-state index contributed by atoms with van der Waals surface area (Å²) < 4.78 is 30.3. The van der Waals surface area contributed by atoms with Gasteiger partial charge in [0.1, 0.15) is 23.9 Å². The predicted octanol–water partition coefficient (Wildman–Crippen LogP) is 3.74. The molecule has 0 unspecified atom stereocenters. The normalized spacial score (nSPS) is 31.9. The molecule has 3 aromatic carbocycles. The van der Waals surface area contributed by atoms with Crippen LogP contribution >= 0.6 is 0 Å². The Morgan fingerprint density at radius 3 is 1.95 bits per heavy atom. The maximum absolute atomic E-state index is 15.5. The first kappa shape index (κ1) is 44.3. The van der Waals surface area contributed by atoms with Crippen molar-refractivity contribution in [2.24, 2.45) is 16.7 Å². The van der Waals surface area contributed by atoms with Crippen molar-refractivity contribution in [3.8, 4) is 0 Å². The Bertz CT molecular complexity index is 2280. The van der Waals surface area contributed by atoms with Crippen LogP contribution in [0, 0.1) is 16.7 Å². The molecule has 3 fully saturated rings. The molecule has 0 radical (unpaired) electrons. The van der Waals surface area contributed by atoms with Crippen molar-refractivity contribution in [1.82, 2.24) is 5.32 Å². The first-order valence-electron chi connectivity index (χ1n) is 20.5. The third-order valence-electron chi connectivity index (χ3n) is 13.5. The highest BCUT2D eigenvalue weighted by Gasteiger charge is 2.78. The number of hydrogen-bond acceptors (Lipinski definition) is 14. The summed E-state index contributed by atoms with van der Waals surface area (Å²) in [5.41, 5.74) is -7.02. The van der Waals surface area contributed by atoms with Gasteiger partial charge in [0, 0.05) is 37.7 Å². The summed E-state index contributed by atoms with van der Waals surface area (Å²) in [5.74, 6) is -6.84. The molecule has 2 bridgehead atoms. The Morgan fingerprint density at radius 1 is 0.823 bits per heavy atom. The molecule has 1 amide bonds. The topological polar surface area (TPSA) is 221 Å². The van der Waals surface area contributed by atoms with Gasteiger partial charge in [0.15, 0.2) is 23.6 Å². The van der Waals surface area contributed by atoms with E-state index in [1.165, 1.54) is 26.0 Å². The molecule has 1 aliphatic heterocycles. The summed E-state index contributed by atoms with van der Waals surface area (Å²) in [6.45, 7) is 7.97. The quantitative estimate of drug-likeness (QED) is 0.130. The number of Topliss-reactive ketones (excluding diaryl/α,β-unsaturated/α-hetero) is 1. The van der Waals surface area contributed by atoms with Crippen molar-refractivity contribution in [2.45, 2.75) is 108 Å². The van der Waals surface area contributed by atoms with Crippen LogP contribution < -0.4 is 5.32 Å². The van der Waals surface area contributed by atoms with Crippen LogP contribution in [0.4, 0.5) is 0 Å². The Morgan fingerprint density at radius 2 is 1.40 bits per heavy atom. The lowest BCUT2D eigenvalue weighted by Gasteiger charge is -2.67. The van der Waals surface area contributed by atoms with Gasteiger partial charge >= 0.3 is 23.9 Å². The van der Waals surface area contributed by atoms with Crippen molar-refractivity contribution >= 4 is 35.6 Å². The van der Waals surface area contributed by atoms with Gasteiger partial charge in [-0.3, -0.25) is 19.2 Å². The van der Waals surface area contributed by atoms with E-state index in [4.69, 9.17) is 23.7 Å². The molecule has 0 aromatic heterocycles. The Hall–Kier alpha value is -5.74. The molecular formula is C47H51NO14. The minimum atomic E-state index is -2.39. The van der Waals surface area contributed by atoms with Crippen LogP contribution in [-0.4, -0.2) is 105 Å². The maximum Gasteiger partial charge on any atom is 0.338 e. The Labute approximate surface area is 358 Å². The first-order chi connectivity index (χ1) is 29.3. The third kappa shape index (κ3) is 7.29. The van der Waals surface area contributed by atoms with Crippen LogP contribution in [0.15, 0.2) is 102 Å². The SMILES string of the molecule is CC(=O)O[C@H]1C(=O)[C@]2(C)[C@H](O)C[C@H]3OC[C@@]3(OC(C)=O)[C@H]2[C@H](OC(=O)c2ccccc2)[C@]2(O)C[C@H](OC(=O)[C@H](O)[C@H](NC(=O)c3ccccc3)c3ccccc3)C(C)=C1C2(C)C. The first-order valence-corrected chi connectivity index (χ1v) is 20.5. The van der Waals surface area contributed by atoms with Crippen molar-refractivity contribution in [2.75, 3.05) is 6.61 Å². The number of fused-ring (bicyclic) bond motifs is 5. The standard InChI is InChI=1S/C47H51NO14/c1-25-31(60-43(56)36(52)35(28-16-10-7-11-17-28)48-41(54)29-18-12-8-13-19-29)23-47(57)40(61-42(55)30-20-14-9-15-21-30)38-45(6,32(51)22-33-46(38,24-58-33)62-27(3)50)39(53)37(59-26(2)49)34(25)44(47,4)5/h7-21,31-33,35-38,40,51-52,57H,22-24H2,1-6H3,(H,48,54)/t31-,32+,33+,35+,36+,37+,38-,40-,45+,46-,47+/m0/s1. The monoisotopic (exact) mass is 853 g/mol. The number of esters is 4. The van der Waals surface area contributed by atoms with E-state index in [0.717, 1.165) is 13.8 Å². The second kappa shape index (κ2) is 16.5. The van der Waals surface area contributed by atoms with Crippen molar-refractivity contribution < 1.29 is 67.8 Å². The number of nitrogens with one attached hydrogen (secondary N) is 1. The van der Waals surface area contributed by atoms with E-state index < -0.39 is 113 Å². The Balaban J connectivity index is 1.39. The molecule has 1 heterocycles. The smallest absolute Gasteiger partial charge is 0.338 e.